The molecule has 0 bridgehead atoms. The molecule has 0 spiro atoms. The fraction of sp³-hybridized carbons (Fsp3) is 0.333. The lowest BCUT2D eigenvalue weighted by molar-refractivity contribution is -0.275. The molecule has 0 saturated carbocycles. The summed E-state index contributed by atoms with van der Waals surface area (Å²) in [5.74, 6) is -0.562. The van der Waals surface area contributed by atoms with Gasteiger partial charge < -0.3 is 9.72 Å². The van der Waals surface area contributed by atoms with Gasteiger partial charge in [0, 0.05) is 22.7 Å². The molecule has 0 radical (unpaired) electrons. The van der Waals surface area contributed by atoms with E-state index < -0.39 is 17.7 Å². The van der Waals surface area contributed by atoms with Crippen molar-refractivity contribution in [3.63, 3.8) is 0 Å². The summed E-state index contributed by atoms with van der Waals surface area (Å²) in [5, 5.41) is 8.58. The Kier molecular flexibility index (Phi) is 4.17. The summed E-state index contributed by atoms with van der Waals surface area (Å²) in [6, 6.07) is 1.69. The zero-order valence-corrected chi connectivity index (χ0v) is 9.85. The Labute approximate surface area is 102 Å². The van der Waals surface area contributed by atoms with Gasteiger partial charge in [-0.05, 0) is 0 Å². The maximum atomic E-state index is 12.1. The average molecular weight is 311 g/mol. The maximum Gasteiger partial charge on any atom is 0.573 e. The van der Waals surface area contributed by atoms with Crippen molar-refractivity contribution in [1.82, 2.24) is 4.98 Å². The third-order valence-corrected chi connectivity index (χ3v) is 2.45. The maximum absolute atomic E-state index is 12.1. The highest BCUT2D eigenvalue weighted by Crippen LogP contribution is 2.27. The van der Waals surface area contributed by atoms with Crippen LogP contribution in [0.25, 0.3) is 0 Å². The molecule has 1 aromatic rings. The van der Waals surface area contributed by atoms with Crippen LogP contribution in [-0.2, 0) is 11.8 Å². The fourth-order valence-electron chi connectivity index (χ4n) is 1.22. The molecule has 0 aliphatic heterocycles. The number of ether oxygens (including phenoxy) is 1. The molecule has 0 unspecified atom stereocenters. The number of pyridine rings is 1. The Morgan fingerprint density at radius 2 is 2.12 bits per heavy atom. The predicted molar refractivity (Wildman–Crippen MR) is 55.7 cm³/mol. The number of hydrogen-bond donors (Lipinski definition) is 1. The fourth-order valence-corrected chi connectivity index (χ4v) is 1.81. The lowest BCUT2D eigenvalue weighted by atomic mass is 10.1. The Hall–Kier alpha value is -1.49. The molecule has 0 aliphatic carbocycles. The minimum atomic E-state index is -4.87. The number of aromatic nitrogens is 1. The van der Waals surface area contributed by atoms with Crippen LogP contribution in [0.4, 0.5) is 13.2 Å². The highest BCUT2D eigenvalue weighted by atomic mass is 79.9. The first-order valence-corrected chi connectivity index (χ1v) is 5.43. The third-order valence-electron chi connectivity index (χ3n) is 1.89. The lowest BCUT2D eigenvalue weighted by Crippen LogP contribution is -2.22. The van der Waals surface area contributed by atoms with Crippen LogP contribution < -0.4 is 10.3 Å². The zero-order chi connectivity index (χ0) is 13.1. The van der Waals surface area contributed by atoms with Gasteiger partial charge in [0.15, 0.2) is 0 Å². The second-order valence-electron chi connectivity index (χ2n) is 2.96. The average Bonchev–Trinajstić information content (AvgIpc) is 2.21. The molecule has 1 heterocycles. The molecule has 0 amide bonds. The minimum Gasteiger partial charge on any atom is -0.404 e. The van der Waals surface area contributed by atoms with Crippen LogP contribution in [0.1, 0.15) is 11.1 Å². The number of alkyl halides is 4. The van der Waals surface area contributed by atoms with Gasteiger partial charge in [-0.25, -0.2) is 0 Å². The number of nitrogens with zero attached hydrogens (tertiary/aromatic N) is 1. The highest BCUT2D eigenvalue weighted by molar-refractivity contribution is 9.08. The van der Waals surface area contributed by atoms with E-state index in [0.29, 0.717) is 0 Å². The van der Waals surface area contributed by atoms with Crippen LogP contribution in [0.5, 0.6) is 5.75 Å². The zero-order valence-electron chi connectivity index (χ0n) is 8.27. The molecule has 4 nitrogen and oxygen atoms in total. The van der Waals surface area contributed by atoms with E-state index in [1.165, 1.54) is 0 Å². The molecular formula is C9H6BrF3N2O2. The largest absolute Gasteiger partial charge is 0.573 e. The lowest BCUT2D eigenvalue weighted by Gasteiger charge is -2.13. The standard InChI is InChI=1S/C9H6BrF3N2O2/c10-3-6-5(1-2-14)7(4-15-8(6)16)17-9(11,12)13/h4H,1,3H2,(H,15,16). The number of H-pyrrole nitrogens is 1. The van der Waals surface area contributed by atoms with Crippen LogP contribution in [0.2, 0.25) is 0 Å². The topological polar surface area (TPSA) is 65.9 Å². The summed E-state index contributed by atoms with van der Waals surface area (Å²) in [5.41, 5.74) is -0.569. The molecule has 1 rings (SSSR count). The molecule has 0 aromatic carbocycles. The molecule has 0 saturated heterocycles. The SMILES string of the molecule is N#CCc1c(OC(F)(F)F)c[nH]c(=O)c1CBr. The normalized spacial score (nSPS) is 11.0. The Balaban J connectivity index is 3.31. The van der Waals surface area contributed by atoms with E-state index in [1.807, 2.05) is 0 Å². The number of hydrogen-bond acceptors (Lipinski definition) is 3. The van der Waals surface area contributed by atoms with E-state index in [4.69, 9.17) is 5.26 Å². The molecule has 8 heteroatoms. The van der Waals surface area contributed by atoms with Crippen molar-refractivity contribution in [1.29, 1.82) is 5.26 Å². The number of nitriles is 1. The molecule has 1 aromatic heterocycles. The van der Waals surface area contributed by atoms with Crippen molar-refractivity contribution in [3.8, 4) is 11.8 Å². The van der Waals surface area contributed by atoms with Crippen LogP contribution in [0.3, 0.4) is 0 Å². The summed E-state index contributed by atoms with van der Waals surface area (Å²) in [7, 11) is 0. The van der Waals surface area contributed by atoms with Crippen LogP contribution in [0, 0.1) is 11.3 Å². The van der Waals surface area contributed by atoms with Gasteiger partial charge in [0.05, 0.1) is 12.5 Å². The van der Waals surface area contributed by atoms with Crippen LogP contribution >= 0.6 is 15.9 Å². The van der Waals surface area contributed by atoms with E-state index >= 15 is 0 Å². The quantitative estimate of drug-likeness (QED) is 0.871. The van der Waals surface area contributed by atoms with Gasteiger partial charge in [-0.3, -0.25) is 4.79 Å². The van der Waals surface area contributed by atoms with Gasteiger partial charge in [-0.2, -0.15) is 5.26 Å². The van der Waals surface area contributed by atoms with E-state index in [9.17, 15) is 18.0 Å². The monoisotopic (exact) mass is 310 g/mol. The van der Waals surface area contributed by atoms with Gasteiger partial charge in [-0.1, -0.05) is 15.9 Å². The second-order valence-corrected chi connectivity index (χ2v) is 3.52. The second kappa shape index (κ2) is 5.23. The minimum absolute atomic E-state index is 0.0361. The van der Waals surface area contributed by atoms with Crippen LogP contribution in [0.15, 0.2) is 11.0 Å². The van der Waals surface area contributed by atoms with Gasteiger partial charge in [-0.15, -0.1) is 13.2 Å². The summed E-state index contributed by atoms with van der Waals surface area (Å²) in [6.45, 7) is 0. The molecule has 17 heavy (non-hydrogen) atoms. The van der Waals surface area contributed by atoms with Crippen molar-refractivity contribution >= 4 is 15.9 Å². The molecule has 0 atom stereocenters. The summed E-state index contributed by atoms with van der Waals surface area (Å²) < 4.78 is 40.0. The van der Waals surface area contributed by atoms with Crippen molar-refractivity contribution in [3.05, 3.63) is 27.7 Å². The van der Waals surface area contributed by atoms with Gasteiger partial charge in [0.25, 0.3) is 5.56 Å². The highest BCUT2D eigenvalue weighted by Gasteiger charge is 2.32. The molecule has 1 N–H and O–H groups in total. The summed E-state index contributed by atoms with van der Waals surface area (Å²) in [6.07, 6.45) is -4.41. The van der Waals surface area contributed by atoms with E-state index in [1.54, 1.807) is 6.07 Å². The van der Waals surface area contributed by atoms with Crippen molar-refractivity contribution < 1.29 is 17.9 Å². The van der Waals surface area contributed by atoms with Crippen LogP contribution in [-0.4, -0.2) is 11.3 Å². The molecule has 0 aliphatic rings. The molecule has 0 fully saturated rings. The van der Waals surface area contributed by atoms with Crippen molar-refractivity contribution in [2.24, 2.45) is 0 Å². The molecular weight excluding hydrogens is 305 g/mol. The van der Waals surface area contributed by atoms with Gasteiger partial charge >= 0.3 is 6.36 Å². The number of rotatable bonds is 3. The Bertz CT molecular complexity index is 504. The Morgan fingerprint density at radius 1 is 1.47 bits per heavy atom. The third kappa shape index (κ3) is 3.49. The number of aromatic amines is 1. The number of nitrogens with one attached hydrogen (secondary N) is 1. The summed E-state index contributed by atoms with van der Waals surface area (Å²) in [4.78, 5) is 13.5. The first-order chi connectivity index (χ1) is 7.89. The summed E-state index contributed by atoms with van der Waals surface area (Å²) >= 11 is 2.98. The van der Waals surface area contributed by atoms with Gasteiger partial charge in [0.2, 0.25) is 0 Å². The van der Waals surface area contributed by atoms with E-state index in [2.05, 4.69) is 25.7 Å². The smallest absolute Gasteiger partial charge is 0.404 e. The first-order valence-electron chi connectivity index (χ1n) is 4.31. The van der Waals surface area contributed by atoms with Gasteiger partial charge in [0.1, 0.15) is 5.75 Å². The van der Waals surface area contributed by atoms with Crippen molar-refractivity contribution in [2.45, 2.75) is 18.1 Å². The number of halogens is 4. The van der Waals surface area contributed by atoms with E-state index in [0.717, 1.165) is 6.20 Å². The molecule has 92 valence electrons. The first kappa shape index (κ1) is 13.6. The predicted octanol–water partition coefficient (Wildman–Crippen LogP) is 2.23. The van der Waals surface area contributed by atoms with Crippen molar-refractivity contribution in [2.75, 3.05) is 0 Å². The van der Waals surface area contributed by atoms with E-state index in [-0.39, 0.29) is 22.9 Å². The Morgan fingerprint density at radius 3 is 2.59 bits per heavy atom.